The molecule has 0 spiro atoms. The van der Waals surface area contributed by atoms with Gasteiger partial charge in [-0.1, -0.05) is 36.8 Å². The van der Waals surface area contributed by atoms with Crippen molar-refractivity contribution in [2.24, 2.45) is 0 Å². The minimum Gasteiger partial charge on any atom is -0.481 e. The summed E-state index contributed by atoms with van der Waals surface area (Å²) in [6, 6.07) is 12.2. The van der Waals surface area contributed by atoms with Gasteiger partial charge in [0.1, 0.15) is 11.6 Å². The molecular formula is C20H27N3O3. The number of hydrogen-bond donors (Lipinski definition) is 3. The van der Waals surface area contributed by atoms with Crippen LogP contribution in [-0.2, 0) is 16.0 Å². The number of amides is 1. The van der Waals surface area contributed by atoms with Crippen molar-refractivity contribution in [3.63, 3.8) is 0 Å². The molecule has 0 atom stereocenters. The van der Waals surface area contributed by atoms with Crippen molar-refractivity contribution < 1.29 is 14.7 Å². The predicted octanol–water partition coefficient (Wildman–Crippen LogP) is 2.77. The van der Waals surface area contributed by atoms with Gasteiger partial charge in [0.15, 0.2) is 0 Å². The van der Waals surface area contributed by atoms with E-state index in [-0.39, 0.29) is 12.0 Å². The summed E-state index contributed by atoms with van der Waals surface area (Å²) in [5.74, 6) is -1.21. The first-order valence-electron chi connectivity index (χ1n) is 9.01. The van der Waals surface area contributed by atoms with Crippen molar-refractivity contribution in [2.45, 2.75) is 44.9 Å². The number of rotatable bonds is 13. The molecule has 1 aromatic rings. The molecule has 0 radical (unpaired) electrons. The third-order valence-electron chi connectivity index (χ3n) is 3.84. The second kappa shape index (κ2) is 13.5. The van der Waals surface area contributed by atoms with Crippen molar-refractivity contribution >= 4 is 11.9 Å². The van der Waals surface area contributed by atoms with Crippen molar-refractivity contribution in [2.75, 3.05) is 13.1 Å². The quantitative estimate of drug-likeness (QED) is 0.286. The maximum atomic E-state index is 11.9. The maximum Gasteiger partial charge on any atom is 0.303 e. The molecule has 0 unspecified atom stereocenters. The number of benzene rings is 1. The topological polar surface area (TPSA) is 102 Å². The van der Waals surface area contributed by atoms with E-state index in [1.54, 1.807) is 0 Å². The molecule has 0 aromatic heterocycles. The Bertz CT molecular complexity index is 621. The summed E-state index contributed by atoms with van der Waals surface area (Å²) in [5, 5.41) is 23.3. The summed E-state index contributed by atoms with van der Waals surface area (Å²) >= 11 is 0. The lowest BCUT2D eigenvalue weighted by Gasteiger charge is -2.05. The van der Waals surface area contributed by atoms with Crippen molar-refractivity contribution in [3.05, 3.63) is 47.7 Å². The minimum atomic E-state index is -0.807. The Hall–Kier alpha value is -2.81. The summed E-state index contributed by atoms with van der Waals surface area (Å²) in [5.41, 5.74) is 1.36. The lowest BCUT2D eigenvalue weighted by molar-refractivity contribution is -0.137. The van der Waals surface area contributed by atoms with E-state index in [0.717, 1.165) is 25.7 Å². The second-order valence-corrected chi connectivity index (χ2v) is 6.03. The fourth-order valence-electron chi connectivity index (χ4n) is 2.40. The summed E-state index contributed by atoms with van der Waals surface area (Å²) in [6.45, 7) is 1.15. The van der Waals surface area contributed by atoms with Crippen LogP contribution in [0.25, 0.3) is 0 Å². The standard InChI is InChI=1S/C20H27N3O3/c21-15-18(20(26)23-14-7-2-5-12-19(24)25)16-22-13-8-6-11-17-9-3-1-4-10-17/h1,3-4,9-10,16,22H,2,5-8,11-14H2,(H,23,26)(H,24,25)/b18-16-. The van der Waals surface area contributed by atoms with Crippen molar-refractivity contribution in [1.82, 2.24) is 10.6 Å². The first-order chi connectivity index (χ1) is 12.6. The molecule has 1 amide bonds. The first kappa shape index (κ1) is 21.2. The Balaban J connectivity index is 2.14. The van der Waals surface area contributed by atoms with Crippen LogP contribution in [0.5, 0.6) is 0 Å². The molecule has 1 aromatic carbocycles. The van der Waals surface area contributed by atoms with E-state index in [0.29, 0.717) is 25.9 Å². The lowest BCUT2D eigenvalue weighted by atomic mass is 10.1. The van der Waals surface area contributed by atoms with Crippen LogP contribution in [0.15, 0.2) is 42.1 Å². The summed E-state index contributed by atoms with van der Waals surface area (Å²) in [6.07, 6.45) is 6.64. The largest absolute Gasteiger partial charge is 0.481 e. The van der Waals surface area contributed by atoms with Gasteiger partial charge in [-0.05, 0) is 37.7 Å². The number of aryl methyl sites for hydroxylation is 1. The fourth-order valence-corrected chi connectivity index (χ4v) is 2.40. The van der Waals surface area contributed by atoms with Gasteiger partial charge in [-0.25, -0.2) is 0 Å². The number of aliphatic carboxylic acids is 1. The molecule has 3 N–H and O–H groups in total. The Labute approximate surface area is 154 Å². The van der Waals surface area contributed by atoms with Crippen LogP contribution in [-0.4, -0.2) is 30.1 Å². The number of nitrogens with one attached hydrogen (secondary N) is 2. The number of carboxylic acid groups (broad SMARTS) is 1. The van der Waals surface area contributed by atoms with Crippen LogP contribution >= 0.6 is 0 Å². The Morgan fingerprint density at radius 1 is 1.04 bits per heavy atom. The predicted molar refractivity (Wildman–Crippen MR) is 100 cm³/mol. The Morgan fingerprint density at radius 2 is 1.77 bits per heavy atom. The average Bonchev–Trinajstić information content (AvgIpc) is 2.64. The molecule has 1 rings (SSSR count). The van der Waals surface area contributed by atoms with Gasteiger partial charge in [-0.2, -0.15) is 5.26 Å². The highest BCUT2D eigenvalue weighted by Crippen LogP contribution is 2.04. The molecule has 0 fully saturated rings. The Morgan fingerprint density at radius 3 is 2.46 bits per heavy atom. The average molecular weight is 357 g/mol. The molecule has 0 aliphatic heterocycles. The van der Waals surface area contributed by atoms with Gasteiger partial charge >= 0.3 is 5.97 Å². The zero-order valence-corrected chi connectivity index (χ0v) is 15.0. The number of nitriles is 1. The van der Waals surface area contributed by atoms with E-state index >= 15 is 0 Å². The third-order valence-corrected chi connectivity index (χ3v) is 3.84. The van der Waals surface area contributed by atoms with Crippen LogP contribution < -0.4 is 10.6 Å². The van der Waals surface area contributed by atoms with Crippen LogP contribution in [0.3, 0.4) is 0 Å². The second-order valence-electron chi connectivity index (χ2n) is 6.03. The number of hydrogen-bond acceptors (Lipinski definition) is 4. The molecular weight excluding hydrogens is 330 g/mol. The summed E-state index contributed by atoms with van der Waals surface area (Å²) in [4.78, 5) is 22.3. The number of carbonyl (C=O) groups excluding carboxylic acids is 1. The molecule has 0 heterocycles. The van der Waals surface area contributed by atoms with Gasteiger partial charge in [-0.3, -0.25) is 9.59 Å². The molecule has 6 heteroatoms. The van der Waals surface area contributed by atoms with Gasteiger partial charge in [0.25, 0.3) is 5.91 Å². The van der Waals surface area contributed by atoms with Crippen LogP contribution in [0.1, 0.15) is 44.1 Å². The van der Waals surface area contributed by atoms with Gasteiger partial charge in [-0.15, -0.1) is 0 Å². The molecule has 26 heavy (non-hydrogen) atoms. The SMILES string of the molecule is N#C/C(=C/NCCCCc1ccccc1)C(=O)NCCCCCC(=O)O. The first-order valence-corrected chi connectivity index (χ1v) is 9.01. The highest BCUT2D eigenvalue weighted by atomic mass is 16.4. The van der Waals surface area contributed by atoms with Crippen LogP contribution in [0, 0.1) is 11.3 Å². The van der Waals surface area contributed by atoms with E-state index < -0.39 is 11.9 Å². The number of carbonyl (C=O) groups is 2. The lowest BCUT2D eigenvalue weighted by Crippen LogP contribution is -2.26. The highest BCUT2D eigenvalue weighted by molar-refractivity contribution is 5.97. The normalized spacial score (nSPS) is 10.8. The number of nitrogens with zero attached hydrogens (tertiary/aromatic N) is 1. The van der Waals surface area contributed by atoms with E-state index in [2.05, 4.69) is 22.8 Å². The third kappa shape index (κ3) is 10.1. The van der Waals surface area contributed by atoms with Crippen molar-refractivity contribution in [3.8, 4) is 6.07 Å². The highest BCUT2D eigenvalue weighted by Gasteiger charge is 2.07. The van der Waals surface area contributed by atoms with Crippen LogP contribution in [0.2, 0.25) is 0 Å². The fraction of sp³-hybridized carbons (Fsp3) is 0.450. The van der Waals surface area contributed by atoms with Gasteiger partial charge in [0, 0.05) is 25.7 Å². The zero-order chi connectivity index (χ0) is 19.0. The molecule has 0 aliphatic carbocycles. The maximum absolute atomic E-state index is 11.9. The molecule has 0 bridgehead atoms. The molecule has 0 aliphatic rings. The van der Waals surface area contributed by atoms with E-state index in [4.69, 9.17) is 10.4 Å². The van der Waals surface area contributed by atoms with Gasteiger partial charge < -0.3 is 15.7 Å². The van der Waals surface area contributed by atoms with E-state index in [1.807, 2.05) is 24.3 Å². The zero-order valence-electron chi connectivity index (χ0n) is 15.0. The van der Waals surface area contributed by atoms with Crippen molar-refractivity contribution in [1.29, 1.82) is 5.26 Å². The smallest absolute Gasteiger partial charge is 0.303 e. The number of unbranched alkanes of at least 4 members (excludes halogenated alkanes) is 3. The van der Waals surface area contributed by atoms with E-state index in [9.17, 15) is 9.59 Å². The molecule has 6 nitrogen and oxygen atoms in total. The van der Waals surface area contributed by atoms with Crippen LogP contribution in [0.4, 0.5) is 0 Å². The number of carboxylic acids is 1. The molecule has 0 saturated carbocycles. The van der Waals surface area contributed by atoms with E-state index in [1.165, 1.54) is 11.8 Å². The molecule has 140 valence electrons. The summed E-state index contributed by atoms with van der Waals surface area (Å²) in [7, 11) is 0. The minimum absolute atomic E-state index is 0.0543. The molecule has 0 saturated heterocycles. The van der Waals surface area contributed by atoms with Gasteiger partial charge in [0.2, 0.25) is 0 Å². The Kier molecular flexibility index (Phi) is 11.0. The summed E-state index contributed by atoms with van der Waals surface area (Å²) < 4.78 is 0. The van der Waals surface area contributed by atoms with Gasteiger partial charge in [0.05, 0.1) is 0 Å². The monoisotopic (exact) mass is 357 g/mol.